The fourth-order valence-corrected chi connectivity index (χ4v) is 3.38. The minimum absolute atomic E-state index is 0.263. The largest absolute Gasteiger partial charge is 0.497 e. The van der Waals surface area contributed by atoms with E-state index in [1.165, 1.54) is 0 Å². The highest BCUT2D eigenvalue weighted by atomic mass is 32.2. The fourth-order valence-electron chi connectivity index (χ4n) is 2.50. The van der Waals surface area contributed by atoms with Gasteiger partial charge in [-0.2, -0.15) is 0 Å². The van der Waals surface area contributed by atoms with Gasteiger partial charge < -0.3 is 18.6 Å². The minimum Gasteiger partial charge on any atom is -0.497 e. The van der Waals surface area contributed by atoms with E-state index < -0.39 is 5.25 Å². The molecule has 0 N–H and O–H groups in total. The van der Waals surface area contributed by atoms with E-state index in [4.69, 9.17) is 18.6 Å². The Kier molecular flexibility index (Phi) is 6.54. The molecule has 0 bridgehead atoms. The van der Waals surface area contributed by atoms with Crippen molar-refractivity contribution >= 4 is 17.7 Å². The topological polar surface area (TPSA) is 83.7 Å². The first kappa shape index (κ1) is 19.8. The quantitative estimate of drug-likeness (QED) is 0.412. The molecular weight excluding hydrogens is 380 g/mol. The summed E-state index contributed by atoms with van der Waals surface area (Å²) in [6, 6.07) is 14.6. The SMILES string of the molecule is CCOC(=O)C(Sc1nnc(-c2cc(OC)cc(OC)c2)o1)c1ccccc1. The number of methoxy groups -OCH3 is 2. The molecule has 0 saturated heterocycles. The van der Waals surface area contributed by atoms with Crippen molar-refractivity contribution in [2.45, 2.75) is 17.4 Å². The van der Waals surface area contributed by atoms with Crippen LogP contribution in [0.3, 0.4) is 0 Å². The highest BCUT2D eigenvalue weighted by Crippen LogP contribution is 2.37. The Balaban J connectivity index is 1.87. The summed E-state index contributed by atoms with van der Waals surface area (Å²) in [7, 11) is 3.13. The minimum atomic E-state index is -0.603. The second-order valence-electron chi connectivity index (χ2n) is 5.64. The van der Waals surface area contributed by atoms with Crippen molar-refractivity contribution in [1.29, 1.82) is 0 Å². The lowest BCUT2D eigenvalue weighted by Gasteiger charge is -2.13. The molecule has 0 fully saturated rings. The van der Waals surface area contributed by atoms with Crippen LogP contribution in [0.15, 0.2) is 58.2 Å². The van der Waals surface area contributed by atoms with E-state index in [1.807, 2.05) is 30.3 Å². The maximum atomic E-state index is 12.4. The Morgan fingerprint density at radius 2 is 1.75 bits per heavy atom. The lowest BCUT2D eigenvalue weighted by Crippen LogP contribution is -2.13. The zero-order chi connectivity index (χ0) is 19.9. The average Bonchev–Trinajstić information content (AvgIpc) is 3.21. The highest BCUT2D eigenvalue weighted by Gasteiger charge is 2.26. The summed E-state index contributed by atoms with van der Waals surface area (Å²) >= 11 is 1.15. The number of rotatable bonds is 8. The molecule has 1 heterocycles. The van der Waals surface area contributed by atoms with Crippen LogP contribution in [-0.4, -0.2) is 37.0 Å². The first-order valence-electron chi connectivity index (χ1n) is 8.59. The third-order valence-corrected chi connectivity index (χ3v) is 4.89. The van der Waals surface area contributed by atoms with Gasteiger partial charge in [-0.3, -0.25) is 4.79 Å². The van der Waals surface area contributed by atoms with Crippen LogP contribution in [0.25, 0.3) is 11.5 Å². The summed E-state index contributed by atoms with van der Waals surface area (Å²) < 4.78 is 21.5. The summed E-state index contributed by atoms with van der Waals surface area (Å²) in [4.78, 5) is 12.4. The summed E-state index contributed by atoms with van der Waals surface area (Å²) in [5, 5.41) is 7.82. The summed E-state index contributed by atoms with van der Waals surface area (Å²) in [5.74, 6) is 1.16. The first-order chi connectivity index (χ1) is 13.6. The van der Waals surface area contributed by atoms with Gasteiger partial charge in [0.2, 0.25) is 5.89 Å². The molecule has 0 amide bonds. The second kappa shape index (κ2) is 9.27. The van der Waals surface area contributed by atoms with E-state index in [0.29, 0.717) is 29.6 Å². The predicted octanol–water partition coefficient (Wildman–Crippen LogP) is 4.15. The Morgan fingerprint density at radius 1 is 1.07 bits per heavy atom. The van der Waals surface area contributed by atoms with E-state index in [1.54, 1.807) is 39.3 Å². The molecule has 146 valence electrons. The van der Waals surface area contributed by atoms with Crippen LogP contribution in [0.1, 0.15) is 17.7 Å². The molecule has 0 spiro atoms. The molecule has 0 aliphatic carbocycles. The van der Waals surface area contributed by atoms with Gasteiger partial charge in [0.15, 0.2) is 0 Å². The van der Waals surface area contributed by atoms with Gasteiger partial charge in [-0.1, -0.05) is 30.3 Å². The smallest absolute Gasteiger partial charge is 0.324 e. The molecule has 3 rings (SSSR count). The van der Waals surface area contributed by atoms with E-state index in [-0.39, 0.29) is 11.2 Å². The van der Waals surface area contributed by atoms with Gasteiger partial charge in [-0.05, 0) is 36.4 Å². The average molecular weight is 400 g/mol. The Hall–Kier alpha value is -3.00. The maximum Gasteiger partial charge on any atom is 0.324 e. The molecule has 1 atom stereocenters. The van der Waals surface area contributed by atoms with Crippen LogP contribution in [0.5, 0.6) is 11.5 Å². The number of thioether (sulfide) groups is 1. The van der Waals surface area contributed by atoms with Gasteiger partial charge in [0.05, 0.1) is 20.8 Å². The predicted molar refractivity (Wildman–Crippen MR) is 105 cm³/mol. The van der Waals surface area contributed by atoms with Crippen molar-refractivity contribution in [3.05, 3.63) is 54.1 Å². The molecule has 1 aromatic heterocycles. The van der Waals surface area contributed by atoms with E-state index in [0.717, 1.165) is 17.3 Å². The molecule has 3 aromatic rings. The van der Waals surface area contributed by atoms with E-state index in [2.05, 4.69) is 10.2 Å². The zero-order valence-electron chi connectivity index (χ0n) is 15.7. The van der Waals surface area contributed by atoms with E-state index in [9.17, 15) is 4.79 Å². The number of nitrogens with zero attached hydrogens (tertiary/aromatic N) is 2. The van der Waals surface area contributed by atoms with Crippen LogP contribution in [-0.2, 0) is 9.53 Å². The van der Waals surface area contributed by atoms with Gasteiger partial charge in [0.25, 0.3) is 5.22 Å². The Labute approximate surface area is 167 Å². The van der Waals surface area contributed by atoms with Crippen molar-refractivity contribution in [2.24, 2.45) is 0 Å². The summed E-state index contributed by atoms with van der Waals surface area (Å²) in [6.07, 6.45) is 0. The van der Waals surface area contributed by atoms with Crippen molar-refractivity contribution in [3.63, 3.8) is 0 Å². The fraction of sp³-hybridized carbons (Fsp3) is 0.250. The molecule has 28 heavy (non-hydrogen) atoms. The normalized spacial score (nSPS) is 11.7. The Morgan fingerprint density at radius 3 is 2.36 bits per heavy atom. The van der Waals surface area contributed by atoms with Crippen LogP contribution in [0.2, 0.25) is 0 Å². The highest BCUT2D eigenvalue weighted by molar-refractivity contribution is 8.00. The van der Waals surface area contributed by atoms with Gasteiger partial charge in [0, 0.05) is 11.6 Å². The van der Waals surface area contributed by atoms with Gasteiger partial charge in [-0.15, -0.1) is 10.2 Å². The molecular formula is C20H20N2O5S. The van der Waals surface area contributed by atoms with Crippen LogP contribution in [0.4, 0.5) is 0 Å². The summed E-state index contributed by atoms with van der Waals surface area (Å²) in [5.41, 5.74) is 1.46. The number of carbonyl (C=O) groups excluding carboxylic acids is 1. The monoisotopic (exact) mass is 400 g/mol. The standard InChI is InChI=1S/C20H20N2O5S/c1-4-26-19(23)17(13-8-6-5-7-9-13)28-20-22-21-18(27-20)14-10-15(24-2)12-16(11-14)25-3/h5-12,17H,4H2,1-3H3. The lowest BCUT2D eigenvalue weighted by molar-refractivity contribution is -0.142. The summed E-state index contributed by atoms with van der Waals surface area (Å²) in [6.45, 7) is 2.06. The number of hydrogen-bond acceptors (Lipinski definition) is 8. The Bertz CT molecular complexity index is 907. The lowest BCUT2D eigenvalue weighted by atomic mass is 10.1. The van der Waals surface area contributed by atoms with E-state index >= 15 is 0 Å². The number of ether oxygens (including phenoxy) is 3. The molecule has 7 nitrogen and oxygen atoms in total. The van der Waals surface area contributed by atoms with Crippen molar-refractivity contribution in [2.75, 3.05) is 20.8 Å². The van der Waals surface area contributed by atoms with Gasteiger partial charge in [-0.25, -0.2) is 0 Å². The number of hydrogen-bond donors (Lipinski definition) is 0. The van der Waals surface area contributed by atoms with Gasteiger partial charge in [0.1, 0.15) is 16.7 Å². The maximum absolute atomic E-state index is 12.4. The molecule has 2 aromatic carbocycles. The molecule has 0 aliphatic heterocycles. The van der Waals surface area contributed by atoms with Crippen LogP contribution >= 0.6 is 11.8 Å². The first-order valence-corrected chi connectivity index (χ1v) is 9.47. The second-order valence-corrected chi connectivity index (χ2v) is 6.69. The van der Waals surface area contributed by atoms with Crippen LogP contribution in [0, 0.1) is 0 Å². The number of benzene rings is 2. The molecule has 0 saturated carbocycles. The molecule has 8 heteroatoms. The third-order valence-electron chi connectivity index (χ3n) is 3.83. The number of carbonyl (C=O) groups is 1. The van der Waals surface area contributed by atoms with Crippen molar-refractivity contribution < 1.29 is 23.4 Å². The van der Waals surface area contributed by atoms with Crippen molar-refractivity contribution in [3.8, 4) is 23.0 Å². The molecule has 0 radical (unpaired) electrons. The van der Waals surface area contributed by atoms with Crippen molar-refractivity contribution in [1.82, 2.24) is 10.2 Å². The number of aromatic nitrogens is 2. The third kappa shape index (κ3) is 4.64. The van der Waals surface area contributed by atoms with Crippen LogP contribution < -0.4 is 9.47 Å². The number of esters is 1. The molecule has 1 unspecified atom stereocenters. The van der Waals surface area contributed by atoms with Gasteiger partial charge >= 0.3 is 5.97 Å². The zero-order valence-corrected chi connectivity index (χ0v) is 16.6. The molecule has 0 aliphatic rings.